The number of rotatable bonds is 4. The minimum absolute atomic E-state index is 0.0310. The molecule has 0 saturated heterocycles. The van der Waals surface area contributed by atoms with E-state index in [0.717, 1.165) is 0 Å². The SMILES string of the molecule is COC(=O)C[Se]C(=O)c1ccccc1. The average molecular weight is 257 g/mol. The summed E-state index contributed by atoms with van der Waals surface area (Å²) in [7, 11) is 1.32. The Labute approximate surface area is 88.6 Å². The number of hydrogen-bond acceptors (Lipinski definition) is 3. The molecule has 1 rings (SSSR count). The van der Waals surface area contributed by atoms with Gasteiger partial charge >= 0.3 is 88.3 Å². The second-order valence-electron chi connectivity index (χ2n) is 2.52. The van der Waals surface area contributed by atoms with Crippen LogP contribution in [0, 0.1) is 0 Å². The predicted octanol–water partition coefficient (Wildman–Crippen LogP) is 1.12. The Bertz CT molecular complexity index is 321. The zero-order valence-corrected chi connectivity index (χ0v) is 9.44. The zero-order valence-electron chi connectivity index (χ0n) is 7.73. The molecule has 0 saturated carbocycles. The third kappa shape index (κ3) is 3.32. The van der Waals surface area contributed by atoms with Crippen molar-refractivity contribution in [2.24, 2.45) is 0 Å². The fourth-order valence-corrected chi connectivity index (χ4v) is 2.25. The summed E-state index contributed by atoms with van der Waals surface area (Å²) >= 11 is -0.353. The molecule has 0 aliphatic rings. The van der Waals surface area contributed by atoms with E-state index in [1.165, 1.54) is 7.11 Å². The van der Waals surface area contributed by atoms with Crippen molar-refractivity contribution in [2.45, 2.75) is 5.32 Å². The average Bonchev–Trinajstić information content (AvgIpc) is 2.26. The Morgan fingerprint density at radius 1 is 1.29 bits per heavy atom. The van der Waals surface area contributed by atoms with E-state index in [4.69, 9.17) is 0 Å². The quantitative estimate of drug-likeness (QED) is 0.599. The minimum atomic E-state index is -0.353. The summed E-state index contributed by atoms with van der Waals surface area (Å²) in [6.07, 6.45) is 0. The van der Waals surface area contributed by atoms with Gasteiger partial charge in [0.25, 0.3) is 0 Å². The van der Waals surface area contributed by atoms with Crippen molar-refractivity contribution >= 4 is 25.6 Å². The number of methoxy groups -OCH3 is 1. The molecule has 4 heteroatoms. The summed E-state index contributed by atoms with van der Waals surface area (Å²) in [5, 5.41) is 0.206. The van der Waals surface area contributed by atoms with Crippen LogP contribution in [0.3, 0.4) is 0 Å². The van der Waals surface area contributed by atoms with Crippen molar-refractivity contribution in [1.82, 2.24) is 0 Å². The molecule has 0 spiro atoms. The van der Waals surface area contributed by atoms with E-state index in [1.807, 2.05) is 6.07 Å². The third-order valence-corrected chi connectivity index (χ3v) is 3.40. The molecule has 1 aromatic rings. The molecule has 0 aromatic heterocycles. The van der Waals surface area contributed by atoms with E-state index < -0.39 is 0 Å². The van der Waals surface area contributed by atoms with Gasteiger partial charge in [0, 0.05) is 0 Å². The van der Waals surface area contributed by atoms with E-state index in [9.17, 15) is 9.59 Å². The molecular weight excluding hydrogens is 247 g/mol. The summed E-state index contributed by atoms with van der Waals surface area (Å²) in [5.74, 6) is -0.325. The summed E-state index contributed by atoms with van der Waals surface area (Å²) in [5.41, 5.74) is 0.663. The van der Waals surface area contributed by atoms with Gasteiger partial charge in [-0.1, -0.05) is 0 Å². The number of benzene rings is 1. The van der Waals surface area contributed by atoms with Crippen LogP contribution in [-0.2, 0) is 9.53 Å². The second-order valence-corrected chi connectivity index (χ2v) is 4.51. The molecular formula is C10H10O3Se. The number of ether oxygens (including phenoxy) is 1. The van der Waals surface area contributed by atoms with Crippen molar-refractivity contribution in [3.63, 3.8) is 0 Å². The monoisotopic (exact) mass is 258 g/mol. The van der Waals surface area contributed by atoms with Gasteiger partial charge in [0.1, 0.15) is 0 Å². The van der Waals surface area contributed by atoms with Gasteiger partial charge in [-0.25, -0.2) is 0 Å². The van der Waals surface area contributed by atoms with Gasteiger partial charge in [0.15, 0.2) is 0 Å². The van der Waals surface area contributed by atoms with Crippen LogP contribution in [0.5, 0.6) is 0 Å². The summed E-state index contributed by atoms with van der Waals surface area (Å²) < 4.78 is 4.49. The molecule has 3 nitrogen and oxygen atoms in total. The van der Waals surface area contributed by atoms with E-state index in [1.54, 1.807) is 24.3 Å². The van der Waals surface area contributed by atoms with E-state index in [2.05, 4.69) is 4.74 Å². The van der Waals surface area contributed by atoms with Crippen LogP contribution >= 0.6 is 0 Å². The normalized spacial score (nSPS) is 9.50. The van der Waals surface area contributed by atoms with Crippen LogP contribution in [0.1, 0.15) is 10.4 Å². The Kier molecular flexibility index (Phi) is 4.36. The van der Waals surface area contributed by atoms with Crippen LogP contribution in [0.25, 0.3) is 0 Å². The standard InChI is InChI=1S/C10H10O3Se/c1-13-9(11)7-14-10(12)8-5-3-2-4-6-8/h2-6H,7H2,1H3. The topological polar surface area (TPSA) is 43.4 Å². The molecule has 0 atom stereocenters. The first-order valence-corrected chi connectivity index (χ1v) is 6.10. The molecule has 0 bridgehead atoms. The molecule has 0 aliphatic carbocycles. The number of hydrogen-bond donors (Lipinski definition) is 0. The van der Waals surface area contributed by atoms with Crippen molar-refractivity contribution in [2.75, 3.05) is 7.11 Å². The van der Waals surface area contributed by atoms with Gasteiger partial charge in [-0.15, -0.1) is 0 Å². The van der Waals surface area contributed by atoms with E-state index in [-0.39, 0.29) is 30.9 Å². The van der Waals surface area contributed by atoms with Gasteiger partial charge in [-0.3, -0.25) is 0 Å². The van der Waals surface area contributed by atoms with Gasteiger partial charge < -0.3 is 0 Å². The summed E-state index contributed by atoms with van der Waals surface area (Å²) in [4.78, 5) is 22.3. The molecule has 0 amide bonds. The molecule has 0 fully saturated rings. The number of esters is 1. The second kappa shape index (κ2) is 5.58. The summed E-state index contributed by atoms with van der Waals surface area (Å²) in [6, 6.07) is 8.97. The molecule has 0 N–H and O–H groups in total. The Balaban J connectivity index is 2.48. The molecule has 14 heavy (non-hydrogen) atoms. The number of carbonyl (C=O) groups excluding carboxylic acids is 2. The molecule has 1 aromatic carbocycles. The molecule has 0 unspecified atom stereocenters. The zero-order chi connectivity index (χ0) is 10.4. The van der Waals surface area contributed by atoms with Crippen molar-refractivity contribution in [1.29, 1.82) is 0 Å². The number of carbonyl (C=O) groups is 2. The molecule has 0 heterocycles. The first kappa shape index (κ1) is 11.0. The third-order valence-electron chi connectivity index (χ3n) is 1.56. The van der Waals surface area contributed by atoms with Crippen LogP contribution in [0.2, 0.25) is 5.32 Å². The molecule has 74 valence electrons. The van der Waals surface area contributed by atoms with E-state index >= 15 is 0 Å². The maximum absolute atomic E-state index is 11.5. The Morgan fingerprint density at radius 2 is 1.93 bits per heavy atom. The van der Waals surface area contributed by atoms with E-state index in [0.29, 0.717) is 5.56 Å². The van der Waals surface area contributed by atoms with Crippen molar-refractivity contribution in [3.8, 4) is 0 Å². The van der Waals surface area contributed by atoms with Gasteiger partial charge in [0.05, 0.1) is 0 Å². The molecule has 0 aliphatic heterocycles. The fourth-order valence-electron chi connectivity index (χ4n) is 0.841. The van der Waals surface area contributed by atoms with Crippen LogP contribution in [0.15, 0.2) is 30.3 Å². The first-order chi connectivity index (χ1) is 6.74. The van der Waals surface area contributed by atoms with Crippen molar-refractivity contribution < 1.29 is 14.3 Å². The van der Waals surface area contributed by atoms with Crippen LogP contribution in [0.4, 0.5) is 0 Å². The first-order valence-electron chi connectivity index (χ1n) is 4.03. The van der Waals surface area contributed by atoms with Gasteiger partial charge in [-0.2, -0.15) is 0 Å². The van der Waals surface area contributed by atoms with Gasteiger partial charge in [-0.05, 0) is 0 Å². The fraction of sp³-hybridized carbons (Fsp3) is 0.200. The van der Waals surface area contributed by atoms with Gasteiger partial charge in [0.2, 0.25) is 0 Å². The van der Waals surface area contributed by atoms with Crippen LogP contribution < -0.4 is 0 Å². The van der Waals surface area contributed by atoms with Crippen LogP contribution in [-0.4, -0.2) is 32.7 Å². The Hall–Kier alpha value is -1.12. The summed E-state index contributed by atoms with van der Waals surface area (Å²) in [6.45, 7) is 0. The predicted molar refractivity (Wildman–Crippen MR) is 53.3 cm³/mol. The Morgan fingerprint density at radius 3 is 2.50 bits per heavy atom. The van der Waals surface area contributed by atoms with Crippen molar-refractivity contribution in [3.05, 3.63) is 35.9 Å². The maximum atomic E-state index is 11.5. The molecule has 0 radical (unpaired) electrons.